The molecule has 1 atom stereocenters. The predicted octanol–water partition coefficient (Wildman–Crippen LogP) is 4.22. The lowest BCUT2D eigenvalue weighted by Gasteiger charge is -2.38. The second-order valence-corrected chi connectivity index (χ2v) is 8.93. The molecule has 1 aliphatic heterocycles. The van der Waals surface area contributed by atoms with Crippen molar-refractivity contribution in [2.45, 2.75) is 32.7 Å². The number of ketones is 1. The Morgan fingerprint density at radius 3 is 2.72 bits per heavy atom. The van der Waals surface area contributed by atoms with Crippen molar-refractivity contribution in [1.29, 1.82) is 0 Å². The van der Waals surface area contributed by atoms with Crippen molar-refractivity contribution in [3.8, 4) is 17.1 Å². The molecule has 0 radical (unpaired) electrons. The number of nitrogens with zero attached hydrogens (tertiary/aromatic N) is 4. The second kappa shape index (κ2) is 7.01. The third kappa shape index (κ3) is 3.22. The maximum absolute atomic E-state index is 13.3. The molecule has 3 aromatic rings. The first kappa shape index (κ1) is 19.9. The smallest absolute Gasteiger partial charge is 0.275 e. The SMILES string of the molecule is CC1(C)CC(=O)C2=C(C1)Nc1nc(-c3cccc(O)c3)nn1C2c1ccccc1[N+](=O)[O-]. The molecule has 9 nitrogen and oxygen atoms in total. The van der Waals surface area contributed by atoms with Gasteiger partial charge >= 0.3 is 0 Å². The van der Waals surface area contributed by atoms with Crippen LogP contribution in [0.2, 0.25) is 0 Å². The third-order valence-corrected chi connectivity index (χ3v) is 5.86. The summed E-state index contributed by atoms with van der Waals surface area (Å²) in [6.45, 7) is 4.04. The monoisotopic (exact) mass is 431 g/mol. The van der Waals surface area contributed by atoms with E-state index in [4.69, 9.17) is 0 Å². The Bertz CT molecular complexity index is 1310. The molecule has 5 rings (SSSR count). The fraction of sp³-hybridized carbons (Fsp3) is 0.261. The molecule has 2 heterocycles. The molecule has 0 saturated heterocycles. The Morgan fingerprint density at radius 2 is 1.97 bits per heavy atom. The maximum Gasteiger partial charge on any atom is 0.275 e. The number of nitro groups is 1. The Labute approximate surface area is 183 Å². The van der Waals surface area contributed by atoms with E-state index in [9.17, 15) is 20.0 Å². The number of phenols is 1. The molecule has 2 aliphatic rings. The van der Waals surface area contributed by atoms with Gasteiger partial charge in [0.15, 0.2) is 11.6 Å². The summed E-state index contributed by atoms with van der Waals surface area (Å²) in [5.41, 5.74) is 1.86. The molecule has 0 bridgehead atoms. The highest BCUT2D eigenvalue weighted by molar-refractivity contribution is 6.00. The van der Waals surface area contributed by atoms with E-state index in [2.05, 4.69) is 15.4 Å². The molecule has 1 unspecified atom stereocenters. The fourth-order valence-electron chi connectivity index (χ4n) is 4.55. The van der Waals surface area contributed by atoms with Crippen LogP contribution in [-0.4, -0.2) is 30.6 Å². The molecular formula is C23H21N5O4. The first-order valence-corrected chi connectivity index (χ1v) is 10.3. The topological polar surface area (TPSA) is 123 Å². The normalized spacial score (nSPS) is 19.2. The minimum Gasteiger partial charge on any atom is -0.508 e. The second-order valence-electron chi connectivity index (χ2n) is 8.93. The van der Waals surface area contributed by atoms with Crippen molar-refractivity contribution in [1.82, 2.24) is 14.8 Å². The van der Waals surface area contributed by atoms with Gasteiger partial charge in [-0.15, -0.1) is 5.10 Å². The minimum absolute atomic E-state index is 0.0630. The van der Waals surface area contributed by atoms with Crippen LogP contribution in [0.15, 0.2) is 59.8 Å². The van der Waals surface area contributed by atoms with Crippen molar-refractivity contribution in [2.75, 3.05) is 5.32 Å². The number of aromatic nitrogens is 3. The van der Waals surface area contributed by atoms with E-state index in [-0.39, 0.29) is 22.6 Å². The lowest BCUT2D eigenvalue weighted by Crippen LogP contribution is -2.36. The molecule has 2 N–H and O–H groups in total. The van der Waals surface area contributed by atoms with E-state index in [1.165, 1.54) is 10.7 Å². The fourth-order valence-corrected chi connectivity index (χ4v) is 4.55. The molecule has 0 saturated carbocycles. The van der Waals surface area contributed by atoms with Gasteiger partial charge in [-0.1, -0.05) is 38.1 Å². The van der Waals surface area contributed by atoms with Crippen molar-refractivity contribution >= 4 is 17.4 Å². The van der Waals surface area contributed by atoms with Crippen molar-refractivity contribution in [3.63, 3.8) is 0 Å². The zero-order valence-electron chi connectivity index (χ0n) is 17.6. The Kier molecular flexibility index (Phi) is 4.37. The third-order valence-electron chi connectivity index (χ3n) is 5.86. The van der Waals surface area contributed by atoms with E-state index in [1.54, 1.807) is 42.5 Å². The number of fused-ring (bicyclic) bond motifs is 1. The number of benzene rings is 2. The molecular weight excluding hydrogens is 410 g/mol. The first-order valence-electron chi connectivity index (χ1n) is 10.3. The molecule has 1 aliphatic carbocycles. The lowest BCUT2D eigenvalue weighted by molar-refractivity contribution is -0.385. The average molecular weight is 431 g/mol. The maximum atomic E-state index is 13.3. The van der Waals surface area contributed by atoms with Crippen LogP contribution in [0.5, 0.6) is 5.75 Å². The van der Waals surface area contributed by atoms with Gasteiger partial charge in [-0.3, -0.25) is 14.9 Å². The van der Waals surface area contributed by atoms with Gasteiger partial charge < -0.3 is 10.4 Å². The van der Waals surface area contributed by atoms with Crippen LogP contribution in [0, 0.1) is 15.5 Å². The summed E-state index contributed by atoms with van der Waals surface area (Å²) in [7, 11) is 0. The molecule has 2 aromatic carbocycles. The molecule has 162 valence electrons. The number of aromatic hydroxyl groups is 1. The number of carbonyl (C=O) groups is 1. The Balaban J connectivity index is 1.74. The van der Waals surface area contributed by atoms with Crippen molar-refractivity contribution < 1.29 is 14.8 Å². The van der Waals surface area contributed by atoms with Gasteiger partial charge in [-0.2, -0.15) is 4.98 Å². The van der Waals surface area contributed by atoms with Crippen molar-refractivity contribution in [3.05, 3.63) is 75.5 Å². The van der Waals surface area contributed by atoms with Crippen LogP contribution < -0.4 is 5.32 Å². The molecule has 0 spiro atoms. The van der Waals surface area contributed by atoms with Gasteiger partial charge in [0, 0.05) is 29.3 Å². The van der Waals surface area contributed by atoms with Crippen LogP contribution >= 0.6 is 0 Å². The summed E-state index contributed by atoms with van der Waals surface area (Å²) >= 11 is 0. The standard InChI is InChI=1S/C23H21N5O4/c1-23(2)11-16-19(18(30)12-23)20(15-8-3-4-9-17(15)28(31)32)27-22(24-16)25-21(26-27)13-6-5-7-14(29)10-13/h3-10,20,29H,11-12H2,1-2H3,(H,24,25,26). The molecule has 32 heavy (non-hydrogen) atoms. The highest BCUT2D eigenvalue weighted by Gasteiger charge is 2.43. The number of allylic oxidation sites excluding steroid dienone is 2. The van der Waals surface area contributed by atoms with Crippen molar-refractivity contribution in [2.24, 2.45) is 5.41 Å². The summed E-state index contributed by atoms with van der Waals surface area (Å²) in [6, 6.07) is 12.2. The van der Waals surface area contributed by atoms with Crippen LogP contribution in [0.1, 0.15) is 38.3 Å². The predicted molar refractivity (Wildman–Crippen MR) is 117 cm³/mol. The zero-order chi connectivity index (χ0) is 22.6. The summed E-state index contributed by atoms with van der Waals surface area (Å²) in [5, 5.41) is 29.5. The van der Waals surface area contributed by atoms with E-state index in [1.807, 2.05) is 13.8 Å². The number of carbonyl (C=O) groups excluding carboxylic acids is 1. The van der Waals surface area contributed by atoms with E-state index < -0.39 is 11.0 Å². The highest BCUT2D eigenvalue weighted by Crippen LogP contribution is 2.47. The summed E-state index contributed by atoms with van der Waals surface area (Å²) in [5.74, 6) is 0.758. The molecule has 0 fully saturated rings. The van der Waals surface area contributed by atoms with Crippen LogP contribution in [0.4, 0.5) is 11.6 Å². The minimum atomic E-state index is -0.773. The zero-order valence-corrected chi connectivity index (χ0v) is 17.6. The van der Waals surface area contributed by atoms with Gasteiger partial charge in [0.1, 0.15) is 11.8 Å². The van der Waals surface area contributed by atoms with Gasteiger partial charge in [0.05, 0.1) is 10.5 Å². The lowest BCUT2D eigenvalue weighted by atomic mass is 9.73. The number of Topliss-reactive ketones (excluding diaryl/α,β-unsaturated/α-hetero) is 1. The van der Waals surface area contributed by atoms with Crippen LogP contribution in [0.25, 0.3) is 11.4 Å². The number of para-hydroxylation sites is 1. The van der Waals surface area contributed by atoms with Gasteiger partial charge in [-0.05, 0) is 30.0 Å². The number of phenolic OH excluding ortho intramolecular Hbond substituents is 1. The van der Waals surface area contributed by atoms with Crippen LogP contribution in [0.3, 0.4) is 0 Å². The van der Waals surface area contributed by atoms with Gasteiger partial charge in [-0.25, -0.2) is 4.68 Å². The quantitative estimate of drug-likeness (QED) is 0.470. The number of nitro benzene ring substituents is 1. The van der Waals surface area contributed by atoms with Crippen LogP contribution in [-0.2, 0) is 4.79 Å². The summed E-state index contributed by atoms with van der Waals surface area (Å²) in [6.07, 6.45) is 0.952. The Hall–Kier alpha value is -4.01. The summed E-state index contributed by atoms with van der Waals surface area (Å²) < 4.78 is 1.54. The number of nitrogens with one attached hydrogen (secondary N) is 1. The number of rotatable bonds is 3. The molecule has 0 amide bonds. The average Bonchev–Trinajstić information content (AvgIpc) is 3.15. The van der Waals surface area contributed by atoms with E-state index in [0.29, 0.717) is 41.3 Å². The number of anilines is 1. The van der Waals surface area contributed by atoms with E-state index in [0.717, 1.165) is 5.70 Å². The van der Waals surface area contributed by atoms with Gasteiger partial charge in [0.2, 0.25) is 5.95 Å². The highest BCUT2D eigenvalue weighted by atomic mass is 16.6. The largest absolute Gasteiger partial charge is 0.508 e. The number of hydrogen-bond donors (Lipinski definition) is 2. The number of hydrogen-bond acceptors (Lipinski definition) is 7. The first-order chi connectivity index (χ1) is 15.2. The molecule has 9 heteroatoms. The van der Waals surface area contributed by atoms with Gasteiger partial charge in [0.25, 0.3) is 5.69 Å². The van der Waals surface area contributed by atoms with E-state index >= 15 is 0 Å². The molecule has 1 aromatic heterocycles. The summed E-state index contributed by atoms with van der Waals surface area (Å²) in [4.78, 5) is 29.2. The Morgan fingerprint density at radius 1 is 1.19 bits per heavy atom.